The molecule has 3 rings (SSSR count). The van der Waals surface area contributed by atoms with Crippen LogP contribution < -0.4 is 10.6 Å². The molecule has 1 aliphatic heterocycles. The lowest BCUT2D eigenvalue weighted by Gasteiger charge is -2.13. The molecular weight excluding hydrogens is 244 g/mol. The fourth-order valence-electron chi connectivity index (χ4n) is 3.25. The van der Waals surface area contributed by atoms with Gasteiger partial charge >= 0.3 is 0 Å². The first kappa shape index (κ1) is 13.7. The van der Waals surface area contributed by atoms with Crippen LogP contribution in [0, 0.1) is 0 Å². The summed E-state index contributed by atoms with van der Waals surface area (Å²) in [5.74, 6) is 0. The molecule has 0 saturated heterocycles. The second-order valence-electron chi connectivity index (χ2n) is 6.03. The van der Waals surface area contributed by atoms with Gasteiger partial charge in [-0.3, -0.25) is 0 Å². The Morgan fingerprint density at radius 3 is 2.90 bits per heavy atom. The van der Waals surface area contributed by atoms with Gasteiger partial charge in [0.15, 0.2) is 0 Å². The van der Waals surface area contributed by atoms with Crippen molar-refractivity contribution in [2.45, 2.75) is 44.9 Å². The fourth-order valence-corrected chi connectivity index (χ4v) is 3.25. The minimum atomic E-state index is 1.10. The molecule has 2 heteroatoms. The van der Waals surface area contributed by atoms with E-state index in [1.54, 1.807) is 5.57 Å². The normalized spacial score (nSPS) is 17.5. The van der Waals surface area contributed by atoms with E-state index in [4.69, 9.17) is 0 Å². The quantitative estimate of drug-likeness (QED) is 0.608. The Bertz CT molecular complexity index is 476. The zero-order valence-electron chi connectivity index (χ0n) is 12.4. The molecule has 0 saturated carbocycles. The Morgan fingerprint density at radius 1 is 1.05 bits per heavy atom. The molecule has 20 heavy (non-hydrogen) atoms. The standard InChI is InChI=1S/C18H26N2/c1-2-4-15(5-3-1)8-11-19-12-9-16-6-7-18-17(14-16)10-13-20-18/h4,6-7,14,19-20H,1-3,5,8-13H2. The third-order valence-corrected chi connectivity index (χ3v) is 4.48. The van der Waals surface area contributed by atoms with Crippen LogP contribution in [0.2, 0.25) is 0 Å². The lowest BCUT2D eigenvalue weighted by molar-refractivity contribution is 0.632. The van der Waals surface area contributed by atoms with Gasteiger partial charge in [-0.2, -0.15) is 0 Å². The molecule has 0 atom stereocenters. The summed E-state index contributed by atoms with van der Waals surface area (Å²) >= 11 is 0. The first-order valence-electron chi connectivity index (χ1n) is 8.16. The molecule has 0 unspecified atom stereocenters. The van der Waals surface area contributed by atoms with Crippen molar-refractivity contribution in [1.82, 2.24) is 5.32 Å². The summed E-state index contributed by atoms with van der Waals surface area (Å²) in [4.78, 5) is 0. The highest BCUT2D eigenvalue weighted by atomic mass is 14.9. The maximum absolute atomic E-state index is 3.59. The second-order valence-corrected chi connectivity index (χ2v) is 6.03. The molecule has 1 aromatic carbocycles. The highest BCUT2D eigenvalue weighted by Gasteiger charge is 2.09. The van der Waals surface area contributed by atoms with Gasteiger partial charge in [0.05, 0.1) is 0 Å². The summed E-state index contributed by atoms with van der Waals surface area (Å²) in [6.07, 6.45) is 11.5. The van der Waals surface area contributed by atoms with Crippen molar-refractivity contribution < 1.29 is 0 Å². The van der Waals surface area contributed by atoms with Crippen molar-refractivity contribution in [3.63, 3.8) is 0 Å². The third kappa shape index (κ3) is 3.63. The van der Waals surface area contributed by atoms with Crippen LogP contribution in [-0.2, 0) is 12.8 Å². The van der Waals surface area contributed by atoms with E-state index in [0.717, 1.165) is 26.1 Å². The van der Waals surface area contributed by atoms with E-state index in [1.165, 1.54) is 55.3 Å². The molecule has 0 radical (unpaired) electrons. The van der Waals surface area contributed by atoms with Gasteiger partial charge in [-0.1, -0.05) is 23.8 Å². The van der Waals surface area contributed by atoms with E-state index < -0.39 is 0 Å². The van der Waals surface area contributed by atoms with Gasteiger partial charge in [0, 0.05) is 12.2 Å². The van der Waals surface area contributed by atoms with Crippen molar-refractivity contribution in [2.75, 3.05) is 25.0 Å². The van der Waals surface area contributed by atoms with E-state index in [2.05, 4.69) is 34.9 Å². The number of hydrogen-bond donors (Lipinski definition) is 2. The maximum atomic E-state index is 3.59. The van der Waals surface area contributed by atoms with Crippen LogP contribution >= 0.6 is 0 Å². The molecule has 0 amide bonds. The first-order valence-corrected chi connectivity index (χ1v) is 8.16. The minimum absolute atomic E-state index is 1.10. The van der Waals surface area contributed by atoms with E-state index >= 15 is 0 Å². The number of allylic oxidation sites excluding steroid dienone is 1. The number of benzene rings is 1. The fraction of sp³-hybridized carbons (Fsp3) is 0.556. The molecule has 2 aliphatic rings. The Balaban J connectivity index is 1.36. The lowest BCUT2D eigenvalue weighted by atomic mass is 9.97. The summed E-state index contributed by atoms with van der Waals surface area (Å²) in [5, 5.41) is 7.01. The van der Waals surface area contributed by atoms with E-state index in [9.17, 15) is 0 Å². The largest absolute Gasteiger partial charge is 0.384 e. The average Bonchev–Trinajstić information content (AvgIpc) is 2.95. The summed E-state index contributed by atoms with van der Waals surface area (Å²) in [6, 6.07) is 6.88. The van der Waals surface area contributed by atoms with Crippen LogP contribution in [0.25, 0.3) is 0 Å². The predicted octanol–water partition coefficient (Wildman–Crippen LogP) is 3.68. The van der Waals surface area contributed by atoms with Crippen LogP contribution in [0.15, 0.2) is 29.8 Å². The Morgan fingerprint density at radius 2 is 2.00 bits per heavy atom. The highest BCUT2D eigenvalue weighted by Crippen LogP contribution is 2.23. The van der Waals surface area contributed by atoms with E-state index in [0.29, 0.717) is 0 Å². The molecule has 0 aromatic heterocycles. The number of hydrogen-bond acceptors (Lipinski definition) is 2. The molecule has 2 N–H and O–H groups in total. The Labute approximate surface area is 122 Å². The molecule has 1 aliphatic carbocycles. The van der Waals surface area contributed by atoms with E-state index in [-0.39, 0.29) is 0 Å². The van der Waals surface area contributed by atoms with Crippen molar-refractivity contribution in [2.24, 2.45) is 0 Å². The van der Waals surface area contributed by atoms with Gasteiger partial charge in [0.1, 0.15) is 0 Å². The van der Waals surface area contributed by atoms with Crippen LogP contribution in [0.1, 0.15) is 43.2 Å². The van der Waals surface area contributed by atoms with Gasteiger partial charge in [0.25, 0.3) is 0 Å². The van der Waals surface area contributed by atoms with Crippen molar-refractivity contribution >= 4 is 5.69 Å². The SMILES string of the molecule is C1=C(CCNCCc2ccc3c(c2)CCN3)CCCC1. The Hall–Kier alpha value is -1.28. The van der Waals surface area contributed by atoms with Crippen LogP contribution in [0.3, 0.4) is 0 Å². The van der Waals surface area contributed by atoms with Crippen LogP contribution in [0.4, 0.5) is 5.69 Å². The Kier molecular flexibility index (Phi) is 4.75. The predicted molar refractivity (Wildman–Crippen MR) is 86.4 cm³/mol. The molecule has 108 valence electrons. The highest BCUT2D eigenvalue weighted by molar-refractivity contribution is 5.56. The van der Waals surface area contributed by atoms with Crippen LogP contribution in [0.5, 0.6) is 0 Å². The number of rotatable bonds is 6. The van der Waals surface area contributed by atoms with Crippen LogP contribution in [-0.4, -0.2) is 19.6 Å². The molecule has 1 aromatic rings. The summed E-state index contributed by atoms with van der Waals surface area (Å²) in [7, 11) is 0. The second kappa shape index (κ2) is 6.94. The maximum Gasteiger partial charge on any atom is 0.0373 e. The summed E-state index contributed by atoms with van der Waals surface area (Å²) in [6.45, 7) is 3.34. The molecule has 1 heterocycles. The topological polar surface area (TPSA) is 24.1 Å². The average molecular weight is 270 g/mol. The summed E-state index contributed by atoms with van der Waals surface area (Å²) < 4.78 is 0. The van der Waals surface area contributed by atoms with Crippen molar-refractivity contribution in [3.8, 4) is 0 Å². The number of anilines is 1. The minimum Gasteiger partial charge on any atom is -0.384 e. The first-order chi connectivity index (χ1) is 9.92. The summed E-state index contributed by atoms with van der Waals surface area (Å²) in [5.41, 5.74) is 5.98. The smallest absolute Gasteiger partial charge is 0.0373 e. The monoisotopic (exact) mass is 270 g/mol. The molecule has 0 fully saturated rings. The molecule has 0 bridgehead atoms. The van der Waals surface area contributed by atoms with Gasteiger partial charge in [-0.25, -0.2) is 0 Å². The zero-order chi connectivity index (χ0) is 13.6. The van der Waals surface area contributed by atoms with E-state index in [1.807, 2.05) is 0 Å². The van der Waals surface area contributed by atoms with Crippen molar-refractivity contribution in [3.05, 3.63) is 41.0 Å². The van der Waals surface area contributed by atoms with Crippen molar-refractivity contribution in [1.29, 1.82) is 0 Å². The number of nitrogens with one attached hydrogen (secondary N) is 2. The molecule has 2 nitrogen and oxygen atoms in total. The van der Waals surface area contributed by atoms with Gasteiger partial charge < -0.3 is 10.6 Å². The van der Waals surface area contributed by atoms with Gasteiger partial charge in [-0.05, 0) is 75.2 Å². The van der Waals surface area contributed by atoms with Gasteiger partial charge in [-0.15, -0.1) is 0 Å². The molecular formula is C18H26N2. The zero-order valence-corrected chi connectivity index (χ0v) is 12.4. The van der Waals surface area contributed by atoms with Gasteiger partial charge in [0.2, 0.25) is 0 Å². The number of fused-ring (bicyclic) bond motifs is 1. The lowest BCUT2D eigenvalue weighted by Crippen LogP contribution is -2.19. The third-order valence-electron chi connectivity index (χ3n) is 4.48. The molecule has 0 spiro atoms.